The molecule has 1 heterocycles. The van der Waals surface area contributed by atoms with E-state index >= 15 is 0 Å². The van der Waals surface area contributed by atoms with Gasteiger partial charge in [0, 0.05) is 11.8 Å². The maximum absolute atomic E-state index is 12.6. The normalized spacial score (nSPS) is 11.2. The van der Waals surface area contributed by atoms with Gasteiger partial charge in [-0.25, -0.2) is 4.79 Å². The van der Waals surface area contributed by atoms with E-state index in [0.29, 0.717) is 11.3 Å². The molecule has 0 spiro atoms. The number of carbonyl (C=O) groups excluding carboxylic acids is 1. The lowest BCUT2D eigenvalue weighted by Gasteiger charge is -2.19. The Morgan fingerprint density at radius 1 is 0.962 bits per heavy atom. The minimum atomic E-state index is -0.367. The summed E-state index contributed by atoms with van der Waals surface area (Å²) >= 11 is 0. The smallest absolute Gasteiger partial charge is 0.343 e. The second kappa shape index (κ2) is 7.12. The Bertz CT molecular complexity index is 907. The molecule has 3 heteroatoms. The zero-order valence-corrected chi connectivity index (χ0v) is 15.6. The van der Waals surface area contributed by atoms with E-state index in [4.69, 9.17) is 4.74 Å². The number of aromatic nitrogens is 1. The number of aryl methyl sites for hydroxylation is 1. The van der Waals surface area contributed by atoms with Crippen LogP contribution in [0.25, 0.3) is 11.3 Å². The lowest BCUT2D eigenvalue weighted by Crippen LogP contribution is -2.13. The molecule has 0 aliphatic carbocycles. The van der Waals surface area contributed by atoms with Crippen molar-refractivity contribution in [1.82, 2.24) is 4.98 Å². The molecule has 26 heavy (non-hydrogen) atoms. The number of esters is 1. The van der Waals surface area contributed by atoms with E-state index in [2.05, 4.69) is 25.8 Å². The van der Waals surface area contributed by atoms with Crippen LogP contribution in [0.1, 0.15) is 42.3 Å². The number of benzene rings is 2. The second-order valence-corrected chi connectivity index (χ2v) is 7.43. The van der Waals surface area contributed by atoms with Crippen LogP contribution in [0.15, 0.2) is 66.9 Å². The molecule has 2 aromatic carbocycles. The van der Waals surface area contributed by atoms with Crippen LogP contribution in [0.3, 0.4) is 0 Å². The Morgan fingerprint density at radius 3 is 2.31 bits per heavy atom. The minimum Gasteiger partial charge on any atom is -0.422 e. The molecule has 0 unspecified atom stereocenters. The van der Waals surface area contributed by atoms with Crippen LogP contribution in [0.4, 0.5) is 0 Å². The highest BCUT2D eigenvalue weighted by molar-refractivity contribution is 5.92. The molecule has 3 aromatic rings. The number of ether oxygens (including phenoxy) is 1. The maximum Gasteiger partial charge on any atom is 0.343 e. The molecule has 0 saturated carbocycles. The average Bonchev–Trinajstić information content (AvgIpc) is 2.62. The fourth-order valence-electron chi connectivity index (χ4n) is 2.71. The van der Waals surface area contributed by atoms with Crippen molar-refractivity contribution in [2.24, 2.45) is 0 Å². The summed E-state index contributed by atoms with van der Waals surface area (Å²) in [7, 11) is 0. The molecule has 0 amide bonds. The maximum atomic E-state index is 12.6. The van der Waals surface area contributed by atoms with Gasteiger partial charge in [-0.15, -0.1) is 0 Å². The topological polar surface area (TPSA) is 39.2 Å². The summed E-state index contributed by atoms with van der Waals surface area (Å²) in [6, 6.07) is 19.1. The standard InChI is InChI=1S/C23H23NO2/c1-16-8-13-19(20-7-5-6-14-24-20)21(15-16)26-22(25)17-9-11-18(12-10-17)23(2,3)4/h5-15H,1-4H3. The Kier molecular flexibility index (Phi) is 4.90. The van der Waals surface area contributed by atoms with Crippen LogP contribution in [0.2, 0.25) is 0 Å². The second-order valence-electron chi connectivity index (χ2n) is 7.43. The summed E-state index contributed by atoms with van der Waals surface area (Å²) in [6.07, 6.45) is 1.73. The lowest BCUT2D eigenvalue weighted by atomic mass is 9.87. The molecule has 3 nitrogen and oxygen atoms in total. The van der Waals surface area contributed by atoms with Crippen LogP contribution in [0.5, 0.6) is 5.75 Å². The van der Waals surface area contributed by atoms with Gasteiger partial charge in [0.2, 0.25) is 0 Å². The van der Waals surface area contributed by atoms with E-state index in [1.807, 2.05) is 67.6 Å². The molecule has 0 fully saturated rings. The first-order valence-electron chi connectivity index (χ1n) is 8.69. The van der Waals surface area contributed by atoms with Gasteiger partial charge in [0.25, 0.3) is 0 Å². The van der Waals surface area contributed by atoms with Crippen molar-refractivity contribution in [1.29, 1.82) is 0 Å². The first-order valence-corrected chi connectivity index (χ1v) is 8.69. The fraction of sp³-hybridized carbons (Fsp3) is 0.217. The van der Waals surface area contributed by atoms with E-state index < -0.39 is 0 Å². The first-order chi connectivity index (χ1) is 12.3. The third kappa shape index (κ3) is 3.99. The number of carbonyl (C=O) groups is 1. The molecule has 1 aromatic heterocycles. The van der Waals surface area contributed by atoms with Gasteiger partial charge in [0.05, 0.1) is 11.3 Å². The molecule has 0 N–H and O–H groups in total. The van der Waals surface area contributed by atoms with Crippen LogP contribution in [-0.2, 0) is 5.41 Å². The van der Waals surface area contributed by atoms with Crippen molar-refractivity contribution < 1.29 is 9.53 Å². The summed E-state index contributed by atoms with van der Waals surface area (Å²) in [5, 5.41) is 0. The van der Waals surface area contributed by atoms with Gasteiger partial charge in [0.1, 0.15) is 5.75 Å². The van der Waals surface area contributed by atoms with Gasteiger partial charge < -0.3 is 4.74 Å². The van der Waals surface area contributed by atoms with Crippen molar-refractivity contribution >= 4 is 5.97 Å². The fourth-order valence-corrected chi connectivity index (χ4v) is 2.71. The van der Waals surface area contributed by atoms with Crippen LogP contribution in [-0.4, -0.2) is 11.0 Å². The molecule has 3 rings (SSSR count). The number of pyridine rings is 1. The molecule has 0 atom stereocenters. The molecule has 0 radical (unpaired) electrons. The average molecular weight is 345 g/mol. The van der Waals surface area contributed by atoms with Crippen molar-refractivity contribution in [3.63, 3.8) is 0 Å². The molecule has 0 bridgehead atoms. The number of hydrogen-bond donors (Lipinski definition) is 0. The summed E-state index contributed by atoms with van der Waals surface area (Å²) in [4.78, 5) is 17.0. The predicted octanol–water partition coefficient (Wildman–Crippen LogP) is 5.57. The molecule has 132 valence electrons. The predicted molar refractivity (Wildman–Crippen MR) is 105 cm³/mol. The highest BCUT2D eigenvalue weighted by atomic mass is 16.5. The number of hydrogen-bond acceptors (Lipinski definition) is 3. The summed E-state index contributed by atoms with van der Waals surface area (Å²) in [5.41, 5.74) is 4.36. The molecular formula is C23H23NO2. The summed E-state index contributed by atoms with van der Waals surface area (Å²) in [5.74, 6) is 0.154. The Balaban J connectivity index is 1.89. The molecular weight excluding hydrogens is 322 g/mol. The SMILES string of the molecule is Cc1ccc(-c2ccccn2)c(OC(=O)c2ccc(C(C)(C)C)cc2)c1. The zero-order valence-electron chi connectivity index (χ0n) is 15.6. The van der Waals surface area contributed by atoms with Gasteiger partial charge in [-0.05, 0) is 59.9 Å². The minimum absolute atomic E-state index is 0.0468. The van der Waals surface area contributed by atoms with Crippen molar-refractivity contribution in [3.05, 3.63) is 83.6 Å². The number of rotatable bonds is 3. The molecule has 0 aliphatic heterocycles. The van der Waals surface area contributed by atoms with Gasteiger partial charge >= 0.3 is 5.97 Å². The Morgan fingerprint density at radius 2 is 1.69 bits per heavy atom. The third-order valence-electron chi connectivity index (χ3n) is 4.27. The number of nitrogens with zero attached hydrogens (tertiary/aromatic N) is 1. The van der Waals surface area contributed by atoms with E-state index in [1.54, 1.807) is 6.20 Å². The van der Waals surface area contributed by atoms with Crippen molar-refractivity contribution in [2.75, 3.05) is 0 Å². The summed E-state index contributed by atoms with van der Waals surface area (Å²) < 4.78 is 5.71. The van der Waals surface area contributed by atoms with Gasteiger partial charge in [-0.3, -0.25) is 4.98 Å². The van der Waals surface area contributed by atoms with E-state index in [0.717, 1.165) is 16.8 Å². The van der Waals surface area contributed by atoms with E-state index in [1.165, 1.54) is 5.56 Å². The van der Waals surface area contributed by atoms with Crippen molar-refractivity contribution in [2.45, 2.75) is 33.1 Å². The van der Waals surface area contributed by atoms with Crippen LogP contribution < -0.4 is 4.74 Å². The van der Waals surface area contributed by atoms with Gasteiger partial charge in [-0.1, -0.05) is 45.0 Å². The Hall–Kier alpha value is -2.94. The first kappa shape index (κ1) is 17.9. The molecule has 0 saturated heterocycles. The Labute approximate surface area is 154 Å². The van der Waals surface area contributed by atoms with Gasteiger partial charge in [0.15, 0.2) is 0 Å². The van der Waals surface area contributed by atoms with Crippen LogP contribution >= 0.6 is 0 Å². The van der Waals surface area contributed by atoms with E-state index in [9.17, 15) is 4.79 Å². The zero-order chi connectivity index (χ0) is 18.7. The largest absolute Gasteiger partial charge is 0.422 e. The quantitative estimate of drug-likeness (QED) is 0.460. The highest BCUT2D eigenvalue weighted by Gasteiger charge is 2.17. The van der Waals surface area contributed by atoms with E-state index in [-0.39, 0.29) is 11.4 Å². The van der Waals surface area contributed by atoms with Crippen molar-refractivity contribution in [3.8, 4) is 17.0 Å². The van der Waals surface area contributed by atoms with Crippen LogP contribution in [0, 0.1) is 6.92 Å². The van der Waals surface area contributed by atoms with Gasteiger partial charge in [-0.2, -0.15) is 0 Å². The highest BCUT2D eigenvalue weighted by Crippen LogP contribution is 2.30. The monoisotopic (exact) mass is 345 g/mol. The summed E-state index contributed by atoms with van der Waals surface area (Å²) in [6.45, 7) is 8.41. The third-order valence-corrected chi connectivity index (χ3v) is 4.27. The molecule has 0 aliphatic rings. The lowest BCUT2D eigenvalue weighted by molar-refractivity contribution is 0.0735.